The van der Waals surface area contributed by atoms with Gasteiger partial charge in [0.2, 0.25) is 11.1 Å². The summed E-state index contributed by atoms with van der Waals surface area (Å²) in [6.07, 6.45) is 1.15. The van der Waals surface area contributed by atoms with Crippen LogP contribution in [-0.4, -0.2) is 20.3 Å². The molecule has 0 saturated heterocycles. The van der Waals surface area contributed by atoms with Gasteiger partial charge in [0.15, 0.2) is 5.82 Å². The zero-order valence-electron chi connectivity index (χ0n) is 11.7. The lowest BCUT2D eigenvalue weighted by molar-refractivity contribution is 0.103. The van der Waals surface area contributed by atoms with E-state index in [2.05, 4.69) is 9.97 Å². The van der Waals surface area contributed by atoms with Crippen LogP contribution in [0.15, 0.2) is 23.1 Å². The molecule has 0 aliphatic carbocycles. The monoisotopic (exact) mass is 338 g/mol. The topological polar surface area (TPSA) is 93.8 Å². The number of nitrogens with one attached hydrogen (secondary N) is 1. The molecular formula is C14H9ClF2N4O2. The largest absolute Gasteiger partial charge is 0.396 e. The highest BCUT2D eigenvalue weighted by Gasteiger charge is 2.25. The number of fused-ring (bicyclic) bond motifs is 1. The van der Waals surface area contributed by atoms with Crippen LogP contribution in [0.5, 0.6) is 0 Å². The number of anilines is 1. The summed E-state index contributed by atoms with van der Waals surface area (Å²) in [5.41, 5.74) is 3.38. The van der Waals surface area contributed by atoms with Crippen LogP contribution >= 0.6 is 11.6 Å². The molecule has 2 aromatic heterocycles. The number of aromatic amines is 1. The molecule has 0 bridgehead atoms. The van der Waals surface area contributed by atoms with Gasteiger partial charge in [0.05, 0.1) is 22.2 Å². The third-order valence-corrected chi connectivity index (χ3v) is 3.79. The number of nitrogens with two attached hydrogens (primary N) is 1. The van der Waals surface area contributed by atoms with Gasteiger partial charge in [-0.2, -0.15) is 0 Å². The Morgan fingerprint density at radius 2 is 2.09 bits per heavy atom. The van der Waals surface area contributed by atoms with E-state index in [0.717, 1.165) is 22.9 Å². The van der Waals surface area contributed by atoms with Crippen molar-refractivity contribution in [3.05, 3.63) is 56.7 Å². The van der Waals surface area contributed by atoms with Gasteiger partial charge in [-0.1, -0.05) is 0 Å². The van der Waals surface area contributed by atoms with Crippen LogP contribution in [0.25, 0.3) is 11.0 Å². The Kier molecular flexibility index (Phi) is 3.41. The number of nitrogens with zero attached hydrogens (tertiary/aromatic N) is 2. The van der Waals surface area contributed by atoms with Crippen LogP contribution in [-0.2, 0) is 7.05 Å². The summed E-state index contributed by atoms with van der Waals surface area (Å²) in [6.45, 7) is 0. The van der Waals surface area contributed by atoms with E-state index in [4.69, 9.17) is 17.3 Å². The molecule has 118 valence electrons. The highest BCUT2D eigenvalue weighted by atomic mass is 35.5. The number of halogens is 3. The predicted octanol–water partition coefficient (Wildman–Crippen LogP) is 2.01. The third-order valence-electron chi connectivity index (χ3n) is 3.45. The molecule has 3 N–H and O–H groups in total. The molecule has 0 radical (unpaired) electrons. The second kappa shape index (κ2) is 5.17. The Morgan fingerprint density at radius 1 is 1.39 bits per heavy atom. The Balaban J connectivity index is 2.31. The van der Waals surface area contributed by atoms with Gasteiger partial charge in [-0.05, 0) is 23.7 Å². The van der Waals surface area contributed by atoms with E-state index in [1.54, 1.807) is 0 Å². The molecule has 0 aliphatic heterocycles. The van der Waals surface area contributed by atoms with Crippen molar-refractivity contribution in [3.8, 4) is 0 Å². The standard InChI is InChI=1S/C14H9ClF2N4O2/c1-21-13(23)8-5(4-19-12(8)20-14(21)15)11(22)9-6(16)2-3-7(18)10(9)17/h2-4,19H,18H2,1H3. The second-order valence-electron chi connectivity index (χ2n) is 4.83. The number of benzene rings is 1. The number of rotatable bonds is 2. The lowest BCUT2D eigenvalue weighted by Crippen LogP contribution is -2.20. The van der Waals surface area contributed by atoms with Crippen molar-refractivity contribution in [3.63, 3.8) is 0 Å². The van der Waals surface area contributed by atoms with Crippen LogP contribution in [0.2, 0.25) is 5.28 Å². The quantitative estimate of drug-likeness (QED) is 0.424. The first-order valence-corrected chi connectivity index (χ1v) is 6.72. The van der Waals surface area contributed by atoms with Gasteiger partial charge >= 0.3 is 0 Å². The van der Waals surface area contributed by atoms with Crippen molar-refractivity contribution in [2.24, 2.45) is 7.05 Å². The number of carbonyl (C=O) groups excluding carboxylic acids is 1. The summed E-state index contributed by atoms with van der Waals surface area (Å²) in [4.78, 5) is 31.3. The summed E-state index contributed by atoms with van der Waals surface area (Å²) in [7, 11) is 1.36. The van der Waals surface area contributed by atoms with E-state index in [0.29, 0.717) is 0 Å². The lowest BCUT2D eigenvalue weighted by atomic mass is 10.0. The molecule has 0 saturated carbocycles. The lowest BCUT2D eigenvalue weighted by Gasteiger charge is -2.06. The van der Waals surface area contributed by atoms with Crippen LogP contribution in [0.1, 0.15) is 15.9 Å². The number of hydrogen-bond donors (Lipinski definition) is 2. The molecule has 0 spiro atoms. The average Bonchev–Trinajstić information content (AvgIpc) is 2.92. The summed E-state index contributed by atoms with van der Waals surface area (Å²) >= 11 is 5.78. The van der Waals surface area contributed by atoms with E-state index in [9.17, 15) is 18.4 Å². The summed E-state index contributed by atoms with van der Waals surface area (Å²) in [5, 5.41) is -0.201. The molecule has 0 aliphatic rings. The fraction of sp³-hybridized carbons (Fsp3) is 0.0714. The van der Waals surface area contributed by atoms with Crippen LogP contribution < -0.4 is 11.3 Å². The summed E-state index contributed by atoms with van der Waals surface area (Å²) in [5.74, 6) is -3.27. The van der Waals surface area contributed by atoms with Gasteiger partial charge in [-0.15, -0.1) is 0 Å². The Hall–Kier alpha value is -2.74. The van der Waals surface area contributed by atoms with Crippen LogP contribution in [0, 0.1) is 11.6 Å². The molecule has 23 heavy (non-hydrogen) atoms. The fourth-order valence-electron chi connectivity index (χ4n) is 2.23. The van der Waals surface area contributed by atoms with Crippen molar-refractivity contribution in [1.82, 2.24) is 14.5 Å². The third kappa shape index (κ3) is 2.18. The maximum atomic E-state index is 14.0. The molecule has 1 aromatic carbocycles. The average molecular weight is 339 g/mol. The smallest absolute Gasteiger partial charge is 0.264 e. The predicted molar refractivity (Wildman–Crippen MR) is 80.5 cm³/mol. The maximum absolute atomic E-state index is 14.0. The number of hydrogen-bond acceptors (Lipinski definition) is 4. The molecule has 3 rings (SSSR count). The van der Waals surface area contributed by atoms with Crippen molar-refractivity contribution >= 4 is 34.1 Å². The first-order valence-electron chi connectivity index (χ1n) is 6.34. The maximum Gasteiger partial charge on any atom is 0.264 e. The van der Waals surface area contributed by atoms with E-state index in [1.165, 1.54) is 7.05 Å². The minimum atomic E-state index is -1.18. The van der Waals surface area contributed by atoms with Gasteiger partial charge in [0.25, 0.3) is 5.56 Å². The highest BCUT2D eigenvalue weighted by molar-refractivity contribution is 6.29. The normalized spacial score (nSPS) is 11.1. The number of nitrogen functional groups attached to an aromatic ring is 1. The molecule has 0 atom stereocenters. The van der Waals surface area contributed by atoms with E-state index in [1.807, 2.05) is 0 Å². The molecule has 2 heterocycles. The minimum Gasteiger partial charge on any atom is -0.396 e. The number of aromatic nitrogens is 3. The van der Waals surface area contributed by atoms with Gasteiger partial charge < -0.3 is 10.7 Å². The Labute approximate surface area is 132 Å². The zero-order valence-corrected chi connectivity index (χ0v) is 12.4. The van der Waals surface area contributed by atoms with Crippen molar-refractivity contribution < 1.29 is 13.6 Å². The molecule has 9 heteroatoms. The second-order valence-corrected chi connectivity index (χ2v) is 5.16. The van der Waals surface area contributed by atoms with E-state index >= 15 is 0 Å². The molecule has 0 fully saturated rings. The van der Waals surface area contributed by atoms with E-state index in [-0.39, 0.29) is 27.6 Å². The molecular weight excluding hydrogens is 330 g/mol. The summed E-state index contributed by atoms with van der Waals surface area (Å²) < 4.78 is 28.9. The zero-order chi connectivity index (χ0) is 16.9. The highest BCUT2D eigenvalue weighted by Crippen LogP contribution is 2.24. The SMILES string of the molecule is Cn1c(Cl)nc2[nH]cc(C(=O)c3c(F)ccc(N)c3F)c2c1=O. The molecule has 0 unspecified atom stereocenters. The van der Waals surface area contributed by atoms with Crippen LogP contribution in [0.4, 0.5) is 14.5 Å². The van der Waals surface area contributed by atoms with Crippen molar-refractivity contribution in [1.29, 1.82) is 0 Å². The van der Waals surface area contributed by atoms with Gasteiger partial charge in [0, 0.05) is 13.2 Å². The number of H-pyrrole nitrogens is 1. The first kappa shape index (κ1) is 15.2. The molecule has 0 amide bonds. The van der Waals surface area contributed by atoms with Gasteiger partial charge in [-0.25, -0.2) is 13.8 Å². The number of carbonyl (C=O) groups is 1. The summed E-state index contributed by atoms with van der Waals surface area (Å²) in [6, 6.07) is 1.89. The minimum absolute atomic E-state index is 0.0474. The molecule has 3 aromatic rings. The molecule has 6 nitrogen and oxygen atoms in total. The van der Waals surface area contributed by atoms with Crippen molar-refractivity contribution in [2.45, 2.75) is 0 Å². The number of ketones is 1. The first-order chi connectivity index (χ1) is 10.8. The Bertz CT molecular complexity index is 1030. The fourth-order valence-corrected chi connectivity index (χ4v) is 2.39. The van der Waals surface area contributed by atoms with Gasteiger partial charge in [0.1, 0.15) is 11.5 Å². The van der Waals surface area contributed by atoms with E-state index < -0.39 is 28.5 Å². The van der Waals surface area contributed by atoms with Crippen molar-refractivity contribution in [2.75, 3.05) is 5.73 Å². The van der Waals surface area contributed by atoms with Gasteiger partial charge in [-0.3, -0.25) is 14.2 Å². The van der Waals surface area contributed by atoms with Crippen LogP contribution in [0.3, 0.4) is 0 Å². The Morgan fingerprint density at radius 3 is 2.78 bits per heavy atom.